The fourth-order valence-electron chi connectivity index (χ4n) is 3.44. The van der Waals surface area contributed by atoms with Crippen molar-refractivity contribution >= 4 is 5.97 Å². The summed E-state index contributed by atoms with van der Waals surface area (Å²) >= 11 is 0. The predicted molar refractivity (Wildman–Crippen MR) is 124 cm³/mol. The van der Waals surface area contributed by atoms with E-state index in [0.29, 0.717) is 6.42 Å². The molecule has 0 spiro atoms. The first-order valence-corrected chi connectivity index (χ1v) is 11.9. The standard InChI is InChI=1S/C26H48O2/c1-6-8-9-10-11-12-13-14-15-16-17-18-19-22-25(27)28-26(5,7-2)23-20-21-24(3)4/h7,21H,2,6,8-20,22-23H2,1,3-5H3. The quantitative estimate of drug-likeness (QED) is 0.125. The zero-order chi connectivity index (χ0) is 21.1. The molecule has 0 radical (unpaired) electrons. The highest BCUT2D eigenvalue weighted by atomic mass is 16.6. The Labute approximate surface area is 176 Å². The lowest BCUT2D eigenvalue weighted by Crippen LogP contribution is -2.29. The van der Waals surface area contributed by atoms with Crippen LogP contribution in [0.1, 0.15) is 130 Å². The van der Waals surface area contributed by atoms with Gasteiger partial charge in [0, 0.05) is 6.42 Å². The van der Waals surface area contributed by atoms with Gasteiger partial charge >= 0.3 is 5.97 Å². The summed E-state index contributed by atoms with van der Waals surface area (Å²) in [5.41, 5.74) is 0.754. The molecule has 0 heterocycles. The summed E-state index contributed by atoms with van der Waals surface area (Å²) in [7, 11) is 0. The second kappa shape index (κ2) is 18.0. The highest BCUT2D eigenvalue weighted by molar-refractivity contribution is 5.70. The van der Waals surface area contributed by atoms with E-state index in [1.54, 1.807) is 6.08 Å². The van der Waals surface area contributed by atoms with Crippen molar-refractivity contribution in [3.05, 3.63) is 24.3 Å². The van der Waals surface area contributed by atoms with Gasteiger partial charge in [-0.3, -0.25) is 4.79 Å². The van der Waals surface area contributed by atoms with Gasteiger partial charge in [-0.2, -0.15) is 0 Å². The molecule has 0 aliphatic carbocycles. The van der Waals surface area contributed by atoms with Crippen molar-refractivity contribution in [3.8, 4) is 0 Å². The lowest BCUT2D eigenvalue weighted by molar-refractivity contribution is -0.154. The molecule has 0 aromatic rings. The summed E-state index contributed by atoms with van der Waals surface area (Å²) in [5, 5.41) is 0. The third-order valence-electron chi connectivity index (χ3n) is 5.46. The van der Waals surface area contributed by atoms with Gasteiger partial charge < -0.3 is 4.74 Å². The van der Waals surface area contributed by atoms with Gasteiger partial charge in [0.05, 0.1) is 0 Å². The number of unbranched alkanes of at least 4 members (excludes halogenated alkanes) is 12. The smallest absolute Gasteiger partial charge is 0.306 e. The van der Waals surface area contributed by atoms with E-state index in [1.165, 1.54) is 76.2 Å². The molecule has 0 aliphatic rings. The van der Waals surface area contributed by atoms with Crippen LogP contribution in [0, 0.1) is 0 Å². The van der Waals surface area contributed by atoms with Crippen molar-refractivity contribution in [2.45, 2.75) is 136 Å². The van der Waals surface area contributed by atoms with Crippen LogP contribution >= 0.6 is 0 Å². The van der Waals surface area contributed by atoms with Crippen LogP contribution in [0.15, 0.2) is 24.3 Å². The Morgan fingerprint density at radius 2 is 1.32 bits per heavy atom. The maximum absolute atomic E-state index is 12.1. The molecular formula is C26H48O2. The zero-order valence-electron chi connectivity index (χ0n) is 19.5. The SMILES string of the molecule is C=CC(C)(CCC=C(C)C)OC(=O)CCCCCCCCCCCCCCC. The molecule has 0 fully saturated rings. The minimum Gasteiger partial charge on any atom is -0.455 e. The van der Waals surface area contributed by atoms with Crippen LogP contribution in [0.4, 0.5) is 0 Å². The lowest BCUT2D eigenvalue weighted by atomic mass is 9.99. The maximum Gasteiger partial charge on any atom is 0.306 e. The fraction of sp³-hybridized carbons (Fsp3) is 0.808. The summed E-state index contributed by atoms with van der Waals surface area (Å²) < 4.78 is 5.69. The van der Waals surface area contributed by atoms with Crippen molar-refractivity contribution < 1.29 is 9.53 Å². The maximum atomic E-state index is 12.1. The van der Waals surface area contributed by atoms with Gasteiger partial charge in [0.1, 0.15) is 5.60 Å². The molecule has 0 aromatic heterocycles. The van der Waals surface area contributed by atoms with E-state index in [0.717, 1.165) is 25.7 Å². The van der Waals surface area contributed by atoms with E-state index in [2.05, 4.69) is 33.4 Å². The van der Waals surface area contributed by atoms with Crippen LogP contribution in [-0.2, 0) is 9.53 Å². The largest absolute Gasteiger partial charge is 0.455 e. The topological polar surface area (TPSA) is 26.3 Å². The zero-order valence-corrected chi connectivity index (χ0v) is 19.5. The average molecular weight is 393 g/mol. The molecule has 0 rings (SSSR count). The summed E-state index contributed by atoms with van der Waals surface area (Å²) in [4.78, 5) is 12.1. The van der Waals surface area contributed by atoms with Crippen molar-refractivity contribution in [2.75, 3.05) is 0 Å². The molecule has 0 bridgehead atoms. The first-order valence-electron chi connectivity index (χ1n) is 11.9. The number of hydrogen-bond donors (Lipinski definition) is 0. The molecule has 1 unspecified atom stereocenters. The normalized spacial score (nSPS) is 13.0. The first kappa shape index (κ1) is 27.0. The molecule has 0 aromatic carbocycles. The predicted octanol–water partition coefficient (Wildman–Crippen LogP) is 8.70. The van der Waals surface area contributed by atoms with Gasteiger partial charge in [-0.25, -0.2) is 0 Å². The average Bonchev–Trinajstić information content (AvgIpc) is 2.65. The van der Waals surface area contributed by atoms with Crippen LogP contribution in [-0.4, -0.2) is 11.6 Å². The van der Waals surface area contributed by atoms with E-state index in [4.69, 9.17) is 4.74 Å². The van der Waals surface area contributed by atoms with E-state index in [-0.39, 0.29) is 5.97 Å². The molecular weight excluding hydrogens is 344 g/mol. The van der Waals surface area contributed by atoms with Gasteiger partial charge in [0.2, 0.25) is 0 Å². The number of ether oxygens (including phenoxy) is 1. The summed E-state index contributed by atoms with van der Waals surface area (Å²) in [5.74, 6) is -0.0809. The van der Waals surface area contributed by atoms with Crippen molar-refractivity contribution in [1.82, 2.24) is 0 Å². The molecule has 0 saturated carbocycles. The lowest BCUT2D eigenvalue weighted by Gasteiger charge is -2.25. The Morgan fingerprint density at radius 3 is 1.75 bits per heavy atom. The highest BCUT2D eigenvalue weighted by Gasteiger charge is 2.23. The van der Waals surface area contributed by atoms with Gasteiger partial charge in [-0.05, 0) is 46.1 Å². The van der Waals surface area contributed by atoms with Gasteiger partial charge in [-0.1, -0.05) is 102 Å². The molecule has 1 atom stereocenters. The molecule has 28 heavy (non-hydrogen) atoms. The van der Waals surface area contributed by atoms with Crippen molar-refractivity contribution in [1.29, 1.82) is 0 Å². The third-order valence-corrected chi connectivity index (χ3v) is 5.46. The fourth-order valence-corrected chi connectivity index (χ4v) is 3.44. The molecule has 0 aliphatic heterocycles. The molecule has 0 amide bonds. The number of carbonyl (C=O) groups is 1. The van der Waals surface area contributed by atoms with Crippen LogP contribution in [0.2, 0.25) is 0 Å². The van der Waals surface area contributed by atoms with Crippen molar-refractivity contribution in [3.63, 3.8) is 0 Å². The highest BCUT2D eigenvalue weighted by Crippen LogP contribution is 2.21. The van der Waals surface area contributed by atoms with E-state index in [1.807, 2.05) is 6.92 Å². The first-order chi connectivity index (χ1) is 13.4. The Hall–Kier alpha value is -1.05. The van der Waals surface area contributed by atoms with Crippen LogP contribution in [0.3, 0.4) is 0 Å². The minimum absolute atomic E-state index is 0.0809. The van der Waals surface area contributed by atoms with Gasteiger partial charge in [0.25, 0.3) is 0 Å². The molecule has 0 saturated heterocycles. The van der Waals surface area contributed by atoms with Crippen LogP contribution < -0.4 is 0 Å². The second-order valence-corrected chi connectivity index (χ2v) is 8.80. The van der Waals surface area contributed by atoms with E-state index < -0.39 is 5.60 Å². The summed E-state index contributed by atoms with van der Waals surface area (Å²) in [6.45, 7) is 12.3. The van der Waals surface area contributed by atoms with Crippen LogP contribution in [0.25, 0.3) is 0 Å². The minimum atomic E-state index is -0.542. The van der Waals surface area contributed by atoms with E-state index in [9.17, 15) is 4.79 Å². The molecule has 0 N–H and O–H groups in total. The summed E-state index contributed by atoms with van der Waals surface area (Å²) in [6.07, 6.45) is 23.3. The van der Waals surface area contributed by atoms with E-state index >= 15 is 0 Å². The Kier molecular flexibility index (Phi) is 17.3. The molecule has 164 valence electrons. The third kappa shape index (κ3) is 17.1. The van der Waals surface area contributed by atoms with Crippen molar-refractivity contribution in [2.24, 2.45) is 0 Å². The number of hydrogen-bond acceptors (Lipinski definition) is 2. The second-order valence-electron chi connectivity index (χ2n) is 8.80. The molecule has 2 heteroatoms. The number of allylic oxidation sites excluding steroid dienone is 2. The van der Waals surface area contributed by atoms with Gasteiger partial charge in [-0.15, -0.1) is 0 Å². The Balaban J connectivity index is 3.60. The van der Waals surface area contributed by atoms with Crippen LogP contribution in [0.5, 0.6) is 0 Å². The summed E-state index contributed by atoms with van der Waals surface area (Å²) in [6, 6.07) is 0. The Morgan fingerprint density at radius 1 is 0.857 bits per heavy atom. The van der Waals surface area contributed by atoms with Gasteiger partial charge in [0.15, 0.2) is 0 Å². The molecule has 2 nitrogen and oxygen atoms in total. The number of rotatable bonds is 19. The number of esters is 1. The number of carbonyl (C=O) groups excluding carboxylic acids is 1. The monoisotopic (exact) mass is 392 g/mol. The Bertz CT molecular complexity index is 420.